The van der Waals surface area contributed by atoms with Crippen molar-refractivity contribution in [1.29, 1.82) is 0 Å². The lowest BCUT2D eigenvalue weighted by atomic mass is 10.2. The van der Waals surface area contributed by atoms with Crippen LogP contribution in [0.3, 0.4) is 0 Å². The van der Waals surface area contributed by atoms with Crippen LogP contribution in [0.5, 0.6) is 5.75 Å². The van der Waals surface area contributed by atoms with Crippen LogP contribution in [-0.4, -0.2) is 21.1 Å². The SMILES string of the molecule is S=c1[nH]ncn1/N=C/c1ccccc1OCc1ccc(Br)cc1. The van der Waals surface area contributed by atoms with Gasteiger partial charge in [-0.1, -0.05) is 40.2 Å². The molecule has 0 saturated carbocycles. The van der Waals surface area contributed by atoms with E-state index in [0.29, 0.717) is 11.4 Å². The number of nitrogens with one attached hydrogen (secondary N) is 1. The maximum atomic E-state index is 5.90. The highest BCUT2D eigenvalue weighted by Crippen LogP contribution is 2.18. The largest absolute Gasteiger partial charge is 0.488 e. The van der Waals surface area contributed by atoms with Gasteiger partial charge < -0.3 is 4.74 Å². The minimum absolute atomic E-state index is 0.439. The molecule has 0 aliphatic carbocycles. The van der Waals surface area contributed by atoms with Crippen LogP contribution in [0.2, 0.25) is 0 Å². The van der Waals surface area contributed by atoms with Crippen molar-refractivity contribution in [3.05, 3.63) is 75.2 Å². The third kappa shape index (κ3) is 4.14. The van der Waals surface area contributed by atoms with Gasteiger partial charge in [-0.25, -0.2) is 0 Å². The van der Waals surface area contributed by atoms with E-state index in [4.69, 9.17) is 17.0 Å². The number of para-hydroxylation sites is 1. The van der Waals surface area contributed by atoms with Crippen LogP contribution in [-0.2, 0) is 6.61 Å². The number of ether oxygens (including phenoxy) is 1. The lowest BCUT2D eigenvalue weighted by molar-refractivity contribution is 0.306. The van der Waals surface area contributed by atoms with Crippen LogP contribution in [0.25, 0.3) is 0 Å². The van der Waals surface area contributed by atoms with Gasteiger partial charge in [0.2, 0.25) is 4.77 Å². The Morgan fingerprint density at radius 2 is 2.00 bits per heavy atom. The molecule has 2 aromatic carbocycles. The minimum Gasteiger partial charge on any atom is -0.488 e. The summed E-state index contributed by atoms with van der Waals surface area (Å²) < 4.78 is 8.87. The van der Waals surface area contributed by atoms with Crippen LogP contribution in [0, 0.1) is 4.77 Å². The number of nitrogens with zero attached hydrogens (tertiary/aromatic N) is 3. The van der Waals surface area contributed by atoms with E-state index in [9.17, 15) is 0 Å². The number of hydrogen-bond donors (Lipinski definition) is 1. The lowest BCUT2D eigenvalue weighted by Crippen LogP contribution is -1.99. The molecule has 1 aromatic heterocycles. The van der Waals surface area contributed by atoms with Gasteiger partial charge in [-0.3, -0.25) is 5.10 Å². The highest BCUT2D eigenvalue weighted by Gasteiger charge is 2.02. The lowest BCUT2D eigenvalue weighted by Gasteiger charge is -2.09. The number of aromatic nitrogens is 3. The molecule has 0 radical (unpaired) electrons. The van der Waals surface area contributed by atoms with E-state index in [1.165, 1.54) is 11.0 Å². The normalized spacial score (nSPS) is 11.0. The van der Waals surface area contributed by atoms with Crippen molar-refractivity contribution in [2.75, 3.05) is 0 Å². The smallest absolute Gasteiger partial charge is 0.216 e. The molecule has 7 heteroatoms. The van der Waals surface area contributed by atoms with Gasteiger partial charge >= 0.3 is 0 Å². The Hall–Kier alpha value is -2.25. The molecule has 116 valence electrons. The summed E-state index contributed by atoms with van der Waals surface area (Å²) in [6, 6.07) is 15.7. The zero-order chi connectivity index (χ0) is 16.1. The van der Waals surface area contributed by atoms with Gasteiger partial charge in [-0.2, -0.15) is 14.9 Å². The molecule has 0 aliphatic heterocycles. The predicted molar refractivity (Wildman–Crippen MR) is 95.3 cm³/mol. The fourth-order valence-electron chi connectivity index (χ4n) is 1.91. The summed E-state index contributed by atoms with van der Waals surface area (Å²) in [4.78, 5) is 0. The first-order chi connectivity index (χ1) is 11.2. The Morgan fingerprint density at radius 1 is 1.22 bits per heavy atom. The molecule has 0 bridgehead atoms. The van der Waals surface area contributed by atoms with Gasteiger partial charge in [0, 0.05) is 10.0 Å². The van der Waals surface area contributed by atoms with Crippen LogP contribution in [0.15, 0.2) is 64.4 Å². The topological polar surface area (TPSA) is 55.2 Å². The third-order valence-corrected chi connectivity index (χ3v) is 3.89. The monoisotopic (exact) mass is 388 g/mol. The fraction of sp³-hybridized carbons (Fsp3) is 0.0625. The van der Waals surface area contributed by atoms with Gasteiger partial charge in [0.15, 0.2) is 0 Å². The van der Waals surface area contributed by atoms with Gasteiger partial charge in [0.25, 0.3) is 0 Å². The molecule has 0 fully saturated rings. The highest BCUT2D eigenvalue weighted by molar-refractivity contribution is 9.10. The van der Waals surface area contributed by atoms with Gasteiger partial charge in [0.05, 0.1) is 6.21 Å². The second-order valence-corrected chi connectivity index (χ2v) is 6.01. The number of benzene rings is 2. The quantitative estimate of drug-likeness (QED) is 0.527. The van der Waals surface area contributed by atoms with Gasteiger partial charge in [-0.05, 0) is 42.0 Å². The summed E-state index contributed by atoms with van der Waals surface area (Å²) in [5, 5.41) is 10.7. The molecule has 1 N–H and O–H groups in total. The van der Waals surface area contributed by atoms with Crippen LogP contribution < -0.4 is 4.74 Å². The first kappa shape index (κ1) is 15.6. The maximum Gasteiger partial charge on any atom is 0.216 e. The Labute approximate surface area is 146 Å². The molecule has 0 spiro atoms. The standard InChI is InChI=1S/C16H13BrN4OS/c17-14-7-5-12(6-8-14)10-22-15-4-2-1-3-13(15)9-19-21-11-18-20-16(21)23/h1-9,11H,10H2,(H,20,23)/b19-9+. The summed E-state index contributed by atoms with van der Waals surface area (Å²) >= 11 is 8.48. The van der Waals surface area contributed by atoms with Crippen molar-refractivity contribution >= 4 is 34.4 Å². The molecule has 3 aromatic rings. The third-order valence-electron chi connectivity index (χ3n) is 3.08. The molecule has 5 nitrogen and oxygen atoms in total. The summed E-state index contributed by atoms with van der Waals surface area (Å²) in [6.45, 7) is 0.489. The summed E-state index contributed by atoms with van der Waals surface area (Å²) in [5.41, 5.74) is 1.96. The molecular weight excluding hydrogens is 376 g/mol. The fourth-order valence-corrected chi connectivity index (χ4v) is 2.32. The summed E-state index contributed by atoms with van der Waals surface area (Å²) in [7, 11) is 0. The average Bonchev–Trinajstić information content (AvgIpc) is 2.98. The number of H-pyrrole nitrogens is 1. The van der Waals surface area contributed by atoms with Crippen molar-refractivity contribution in [2.24, 2.45) is 5.10 Å². The molecule has 0 amide bonds. The van der Waals surface area contributed by atoms with Crippen molar-refractivity contribution in [1.82, 2.24) is 14.9 Å². The average molecular weight is 389 g/mol. The zero-order valence-corrected chi connectivity index (χ0v) is 14.4. The summed E-state index contributed by atoms with van der Waals surface area (Å²) in [6.07, 6.45) is 3.21. The highest BCUT2D eigenvalue weighted by atomic mass is 79.9. The zero-order valence-electron chi connectivity index (χ0n) is 12.0. The Kier molecular flexibility index (Phi) is 4.99. The van der Waals surface area contributed by atoms with Gasteiger partial charge in [0.1, 0.15) is 18.7 Å². The Morgan fingerprint density at radius 3 is 2.74 bits per heavy atom. The predicted octanol–water partition coefficient (Wildman–Crippen LogP) is 4.16. The van der Waals surface area contributed by atoms with Gasteiger partial charge in [-0.15, -0.1) is 0 Å². The van der Waals surface area contributed by atoms with E-state index >= 15 is 0 Å². The van der Waals surface area contributed by atoms with Crippen LogP contribution >= 0.6 is 28.1 Å². The van der Waals surface area contributed by atoms with E-state index in [-0.39, 0.29) is 0 Å². The first-order valence-corrected chi connectivity index (χ1v) is 8.05. The number of rotatable bonds is 5. The van der Waals surface area contributed by atoms with E-state index in [1.807, 2.05) is 48.5 Å². The van der Waals surface area contributed by atoms with E-state index in [2.05, 4.69) is 31.2 Å². The molecule has 1 heterocycles. The van der Waals surface area contributed by atoms with Crippen LogP contribution in [0.1, 0.15) is 11.1 Å². The number of halogens is 1. The molecular formula is C16H13BrN4OS. The molecule has 23 heavy (non-hydrogen) atoms. The molecule has 0 atom stereocenters. The molecule has 3 rings (SSSR count). The van der Waals surface area contributed by atoms with E-state index in [1.54, 1.807) is 6.21 Å². The molecule has 0 unspecified atom stereocenters. The van der Waals surface area contributed by atoms with Crippen molar-refractivity contribution in [3.8, 4) is 5.75 Å². The summed E-state index contributed by atoms with van der Waals surface area (Å²) in [5.74, 6) is 0.759. The minimum atomic E-state index is 0.439. The Bertz CT molecular complexity index is 870. The molecule has 0 saturated heterocycles. The second kappa shape index (κ2) is 7.34. The molecule has 0 aliphatic rings. The van der Waals surface area contributed by atoms with Crippen molar-refractivity contribution in [3.63, 3.8) is 0 Å². The van der Waals surface area contributed by atoms with Crippen molar-refractivity contribution in [2.45, 2.75) is 6.61 Å². The number of hydrogen-bond acceptors (Lipinski definition) is 4. The first-order valence-electron chi connectivity index (χ1n) is 6.85. The van der Waals surface area contributed by atoms with Crippen LogP contribution in [0.4, 0.5) is 0 Å². The Balaban J connectivity index is 1.75. The number of aromatic amines is 1. The van der Waals surface area contributed by atoms with E-state index < -0.39 is 0 Å². The second-order valence-electron chi connectivity index (χ2n) is 4.70. The van der Waals surface area contributed by atoms with E-state index in [0.717, 1.165) is 21.3 Å². The van der Waals surface area contributed by atoms with Crippen molar-refractivity contribution < 1.29 is 4.74 Å². The maximum absolute atomic E-state index is 5.90.